The fourth-order valence-electron chi connectivity index (χ4n) is 1.26. The Morgan fingerprint density at radius 3 is 1.85 bits per heavy atom. The van der Waals surface area contributed by atoms with Crippen LogP contribution in [-0.2, 0) is 0 Å². The number of rotatable bonds is 1. The molecule has 2 N–H and O–H groups in total. The van der Waals surface area contributed by atoms with Gasteiger partial charge in [0.2, 0.25) is 0 Å². The molecule has 3 nitrogen and oxygen atoms in total. The molecular formula is C10H9NO2. The number of aromatic hydroxyl groups is 2. The zero-order chi connectivity index (χ0) is 9.26. The molecule has 2 rings (SSSR count). The fraction of sp³-hybridized carbons (Fsp3) is 0. The summed E-state index contributed by atoms with van der Waals surface area (Å²) in [6, 6.07) is 12.1. The summed E-state index contributed by atoms with van der Waals surface area (Å²) in [6.45, 7) is 0. The molecule has 0 unspecified atom stereocenters. The van der Waals surface area contributed by atoms with Gasteiger partial charge in [-0.05, 0) is 12.1 Å². The largest absolute Gasteiger partial charge is 0.494 e. The Morgan fingerprint density at radius 2 is 1.31 bits per heavy atom. The predicted octanol–water partition coefficient (Wildman–Crippen LogP) is 1.89. The van der Waals surface area contributed by atoms with Gasteiger partial charge in [-0.15, -0.1) is 0 Å². The molecule has 13 heavy (non-hydrogen) atoms. The molecule has 3 heteroatoms. The Hall–Kier alpha value is -1.90. The average molecular weight is 175 g/mol. The molecule has 1 aromatic heterocycles. The molecule has 0 aliphatic rings. The normalized spacial score (nSPS) is 10.2. The van der Waals surface area contributed by atoms with Gasteiger partial charge < -0.3 is 10.2 Å². The van der Waals surface area contributed by atoms with Crippen LogP contribution in [0.25, 0.3) is 5.69 Å². The molecule has 0 amide bonds. The number of hydrogen-bond donors (Lipinski definition) is 2. The lowest BCUT2D eigenvalue weighted by Crippen LogP contribution is -1.90. The van der Waals surface area contributed by atoms with E-state index in [-0.39, 0.29) is 11.8 Å². The summed E-state index contributed by atoms with van der Waals surface area (Å²) in [5.74, 6) is 0.0624. The first-order valence-electron chi connectivity index (χ1n) is 3.94. The second kappa shape index (κ2) is 2.86. The maximum absolute atomic E-state index is 9.39. The van der Waals surface area contributed by atoms with Crippen LogP contribution in [0.4, 0.5) is 0 Å². The van der Waals surface area contributed by atoms with E-state index in [1.54, 1.807) is 12.1 Å². The van der Waals surface area contributed by atoms with Gasteiger partial charge in [-0.25, -0.2) is 0 Å². The molecule has 0 atom stereocenters. The monoisotopic (exact) mass is 175 g/mol. The molecule has 0 fully saturated rings. The standard InChI is InChI=1S/C10H9NO2/c12-9-6-7-10(13)11(9)8-4-2-1-3-5-8/h1-7,12-13H. The van der Waals surface area contributed by atoms with E-state index in [0.717, 1.165) is 5.69 Å². The fourth-order valence-corrected chi connectivity index (χ4v) is 1.26. The van der Waals surface area contributed by atoms with Gasteiger partial charge in [0.1, 0.15) is 0 Å². The molecule has 0 radical (unpaired) electrons. The maximum Gasteiger partial charge on any atom is 0.198 e. The number of benzene rings is 1. The molecule has 0 saturated heterocycles. The van der Waals surface area contributed by atoms with Crippen molar-refractivity contribution in [2.75, 3.05) is 0 Å². The van der Waals surface area contributed by atoms with E-state index in [0.29, 0.717) is 0 Å². The summed E-state index contributed by atoms with van der Waals surface area (Å²) in [5.41, 5.74) is 0.738. The first-order valence-corrected chi connectivity index (χ1v) is 3.94. The SMILES string of the molecule is Oc1ccc(O)n1-c1ccccc1. The molecule has 1 aromatic carbocycles. The van der Waals surface area contributed by atoms with Crippen molar-refractivity contribution in [3.05, 3.63) is 42.5 Å². The van der Waals surface area contributed by atoms with Gasteiger partial charge in [0.05, 0.1) is 5.69 Å². The second-order valence-corrected chi connectivity index (χ2v) is 2.72. The minimum atomic E-state index is 0.0312. The highest BCUT2D eigenvalue weighted by molar-refractivity contribution is 5.41. The van der Waals surface area contributed by atoms with Crippen molar-refractivity contribution in [1.82, 2.24) is 4.57 Å². The van der Waals surface area contributed by atoms with Crippen LogP contribution in [0.5, 0.6) is 11.8 Å². The Labute approximate surface area is 75.5 Å². The van der Waals surface area contributed by atoms with Gasteiger partial charge in [0.25, 0.3) is 0 Å². The van der Waals surface area contributed by atoms with Gasteiger partial charge in [0.15, 0.2) is 11.8 Å². The van der Waals surface area contributed by atoms with Crippen LogP contribution in [0.3, 0.4) is 0 Å². The maximum atomic E-state index is 9.39. The third-order valence-corrected chi connectivity index (χ3v) is 1.85. The molecule has 0 saturated carbocycles. The lowest BCUT2D eigenvalue weighted by Gasteiger charge is -2.05. The smallest absolute Gasteiger partial charge is 0.198 e. The molecule has 66 valence electrons. The van der Waals surface area contributed by atoms with Crippen molar-refractivity contribution in [3.8, 4) is 17.4 Å². The van der Waals surface area contributed by atoms with Crippen LogP contribution >= 0.6 is 0 Å². The van der Waals surface area contributed by atoms with E-state index in [1.165, 1.54) is 16.7 Å². The van der Waals surface area contributed by atoms with Gasteiger partial charge in [-0.2, -0.15) is 0 Å². The molecule has 1 heterocycles. The Morgan fingerprint density at radius 1 is 0.769 bits per heavy atom. The summed E-state index contributed by atoms with van der Waals surface area (Å²) < 4.78 is 1.36. The minimum absolute atomic E-state index is 0.0312. The molecule has 0 spiro atoms. The van der Waals surface area contributed by atoms with E-state index in [4.69, 9.17) is 0 Å². The number of hydrogen-bond acceptors (Lipinski definition) is 2. The summed E-state index contributed by atoms with van der Waals surface area (Å²) in [5, 5.41) is 18.8. The van der Waals surface area contributed by atoms with E-state index in [2.05, 4.69) is 0 Å². The van der Waals surface area contributed by atoms with Gasteiger partial charge in [-0.1, -0.05) is 18.2 Å². The van der Waals surface area contributed by atoms with Crippen LogP contribution in [0.2, 0.25) is 0 Å². The summed E-state index contributed by atoms with van der Waals surface area (Å²) in [4.78, 5) is 0. The lowest BCUT2D eigenvalue weighted by molar-refractivity contribution is 0.402. The van der Waals surface area contributed by atoms with Crippen LogP contribution in [-0.4, -0.2) is 14.8 Å². The zero-order valence-corrected chi connectivity index (χ0v) is 6.88. The number of para-hydroxylation sites is 1. The minimum Gasteiger partial charge on any atom is -0.494 e. The summed E-state index contributed by atoms with van der Waals surface area (Å²) in [6.07, 6.45) is 0. The topological polar surface area (TPSA) is 45.4 Å². The lowest BCUT2D eigenvalue weighted by atomic mass is 10.3. The molecule has 0 aliphatic heterocycles. The van der Waals surface area contributed by atoms with E-state index >= 15 is 0 Å². The van der Waals surface area contributed by atoms with Gasteiger partial charge in [0, 0.05) is 12.1 Å². The predicted molar refractivity (Wildman–Crippen MR) is 49.1 cm³/mol. The third kappa shape index (κ3) is 1.24. The Balaban J connectivity index is 2.59. The molecule has 0 bridgehead atoms. The van der Waals surface area contributed by atoms with E-state index in [9.17, 15) is 10.2 Å². The third-order valence-electron chi connectivity index (χ3n) is 1.85. The van der Waals surface area contributed by atoms with E-state index in [1.807, 2.05) is 18.2 Å². The van der Waals surface area contributed by atoms with Crippen molar-refractivity contribution in [3.63, 3.8) is 0 Å². The Bertz CT molecular complexity index is 387. The number of nitrogens with zero attached hydrogens (tertiary/aromatic N) is 1. The molecular weight excluding hydrogens is 166 g/mol. The van der Waals surface area contributed by atoms with Gasteiger partial charge >= 0.3 is 0 Å². The van der Waals surface area contributed by atoms with Crippen LogP contribution in [0.1, 0.15) is 0 Å². The van der Waals surface area contributed by atoms with Crippen molar-refractivity contribution in [1.29, 1.82) is 0 Å². The van der Waals surface area contributed by atoms with Crippen LogP contribution in [0, 0.1) is 0 Å². The Kier molecular flexibility index (Phi) is 1.70. The second-order valence-electron chi connectivity index (χ2n) is 2.72. The summed E-state index contributed by atoms with van der Waals surface area (Å²) in [7, 11) is 0. The highest BCUT2D eigenvalue weighted by Gasteiger charge is 2.06. The zero-order valence-electron chi connectivity index (χ0n) is 6.88. The summed E-state index contributed by atoms with van der Waals surface area (Å²) >= 11 is 0. The van der Waals surface area contributed by atoms with Crippen molar-refractivity contribution in [2.45, 2.75) is 0 Å². The van der Waals surface area contributed by atoms with E-state index < -0.39 is 0 Å². The first kappa shape index (κ1) is 7.73. The molecule has 0 aliphatic carbocycles. The van der Waals surface area contributed by atoms with Crippen LogP contribution in [0.15, 0.2) is 42.5 Å². The van der Waals surface area contributed by atoms with Crippen molar-refractivity contribution >= 4 is 0 Å². The highest BCUT2D eigenvalue weighted by atomic mass is 16.3. The van der Waals surface area contributed by atoms with Crippen molar-refractivity contribution in [2.24, 2.45) is 0 Å². The van der Waals surface area contributed by atoms with Gasteiger partial charge in [-0.3, -0.25) is 4.57 Å². The quantitative estimate of drug-likeness (QED) is 0.695. The average Bonchev–Trinajstić information content (AvgIpc) is 2.48. The highest BCUT2D eigenvalue weighted by Crippen LogP contribution is 2.25. The number of aromatic nitrogens is 1. The van der Waals surface area contributed by atoms with Crippen molar-refractivity contribution < 1.29 is 10.2 Å². The first-order chi connectivity index (χ1) is 6.29. The molecule has 2 aromatic rings. The van der Waals surface area contributed by atoms with Crippen LogP contribution < -0.4 is 0 Å².